The molecule has 0 spiro atoms. The molecule has 3 aromatic carbocycles. The summed E-state index contributed by atoms with van der Waals surface area (Å²) >= 11 is 5.57. The number of ether oxygens (including phenoxy) is 1. The van der Waals surface area contributed by atoms with Gasteiger partial charge in [0.05, 0.1) is 10.6 Å². The predicted molar refractivity (Wildman–Crippen MR) is 133 cm³/mol. The van der Waals surface area contributed by atoms with Crippen molar-refractivity contribution in [3.05, 3.63) is 87.6 Å². The van der Waals surface area contributed by atoms with Crippen LogP contribution in [-0.4, -0.2) is 10.9 Å². The number of H-pyrrole nitrogens is 1. The van der Waals surface area contributed by atoms with E-state index in [1.807, 2.05) is 19.2 Å². The third kappa shape index (κ3) is 6.39. The van der Waals surface area contributed by atoms with E-state index in [2.05, 4.69) is 4.98 Å². The van der Waals surface area contributed by atoms with Gasteiger partial charge in [-0.25, -0.2) is 0 Å². The quantitative estimate of drug-likeness (QED) is 0.222. The molecule has 0 atom stereocenters. The van der Waals surface area contributed by atoms with Crippen LogP contribution in [0.1, 0.15) is 52.4 Å². The number of rotatable bonds is 5. The van der Waals surface area contributed by atoms with Crippen molar-refractivity contribution in [2.45, 2.75) is 38.3 Å². The van der Waals surface area contributed by atoms with E-state index < -0.39 is 63.1 Å². The summed E-state index contributed by atoms with van der Waals surface area (Å²) in [6.45, 7) is 3.70. The number of aromatic amines is 1. The van der Waals surface area contributed by atoms with Crippen LogP contribution in [0.25, 0.3) is 10.9 Å². The van der Waals surface area contributed by atoms with Crippen molar-refractivity contribution < 1.29 is 49.0 Å². The van der Waals surface area contributed by atoms with Crippen LogP contribution in [0.4, 0.5) is 45.2 Å². The molecule has 0 aliphatic rings. The first-order valence-corrected chi connectivity index (χ1v) is 12.0. The highest BCUT2D eigenvalue weighted by atomic mass is 35.5. The maximum atomic E-state index is 14.1. The molecule has 4 aromatic rings. The number of carbonyl (C=O) groups excluding carboxylic acids is 1. The third-order valence-corrected chi connectivity index (χ3v) is 6.33. The van der Waals surface area contributed by atoms with Gasteiger partial charge in [0, 0.05) is 28.4 Å². The van der Waals surface area contributed by atoms with Gasteiger partial charge in [-0.05, 0) is 60.0 Å². The summed E-state index contributed by atoms with van der Waals surface area (Å²) in [6, 6.07) is 6.17. The lowest BCUT2D eigenvalue weighted by atomic mass is 10.0. The number of anilines is 1. The third-order valence-electron chi connectivity index (χ3n) is 6.02. The maximum absolute atomic E-state index is 14.1. The Balaban J connectivity index is 1.78. The van der Waals surface area contributed by atoms with Gasteiger partial charge in [-0.1, -0.05) is 25.4 Å². The highest BCUT2D eigenvalue weighted by Crippen LogP contribution is 2.48. The number of carbonyl (C=O) groups is 1. The Morgan fingerprint density at radius 2 is 1.41 bits per heavy atom. The van der Waals surface area contributed by atoms with Crippen LogP contribution in [0, 0.1) is 0 Å². The lowest BCUT2D eigenvalue weighted by molar-refractivity contribution is -0.145. The van der Waals surface area contributed by atoms with Gasteiger partial charge in [-0.3, -0.25) is 4.79 Å². The zero-order chi connectivity index (χ0) is 30.5. The van der Waals surface area contributed by atoms with Crippen molar-refractivity contribution in [1.82, 2.24) is 4.98 Å². The minimum absolute atomic E-state index is 0.0158. The fraction of sp³-hybridized carbons (Fsp3) is 0.222. The summed E-state index contributed by atoms with van der Waals surface area (Å²) in [4.78, 5) is 15.5. The molecule has 218 valence electrons. The number of aromatic nitrogens is 1. The summed E-state index contributed by atoms with van der Waals surface area (Å²) in [6.07, 6.45) is -13.9. The van der Waals surface area contributed by atoms with Crippen LogP contribution in [0.3, 0.4) is 0 Å². The van der Waals surface area contributed by atoms with Crippen molar-refractivity contribution in [1.29, 1.82) is 0 Å². The molecule has 1 amide bonds. The average Bonchev–Trinajstić information content (AvgIpc) is 3.26. The topological polar surface area (TPSA) is 54.1 Å². The van der Waals surface area contributed by atoms with Crippen molar-refractivity contribution in [3.8, 4) is 11.5 Å². The average molecular weight is 609 g/mol. The van der Waals surface area contributed by atoms with E-state index in [0.717, 1.165) is 5.56 Å². The van der Waals surface area contributed by atoms with Gasteiger partial charge in [0.15, 0.2) is 5.75 Å². The summed E-state index contributed by atoms with van der Waals surface area (Å²) in [5.41, 5.74) is -5.08. The number of alkyl halides is 9. The number of benzene rings is 3. The SMILES string of the molecule is CC(C)c1c[nH]c2ccc(Oc3c(C(F)(F)F)cc(NC(=O)c4ccc(C(F)(F)F)c(Cl)c4)cc3C(F)(F)F)cc12. The van der Waals surface area contributed by atoms with E-state index in [4.69, 9.17) is 16.3 Å². The first-order chi connectivity index (χ1) is 18.9. The van der Waals surface area contributed by atoms with E-state index in [0.29, 0.717) is 29.1 Å². The predicted octanol–water partition coefficient (Wildman–Crippen LogP) is 10.0. The second kappa shape index (κ2) is 10.5. The molecule has 0 fully saturated rings. The minimum Gasteiger partial charge on any atom is -0.456 e. The number of halogens is 10. The molecular weight excluding hydrogens is 591 g/mol. The van der Waals surface area contributed by atoms with Gasteiger partial charge < -0.3 is 15.0 Å². The molecule has 4 nitrogen and oxygen atoms in total. The highest BCUT2D eigenvalue weighted by Gasteiger charge is 2.43. The molecule has 4 rings (SSSR count). The van der Waals surface area contributed by atoms with E-state index >= 15 is 0 Å². The molecular formula is C27H18ClF9N2O2. The van der Waals surface area contributed by atoms with Gasteiger partial charge in [-0.2, -0.15) is 39.5 Å². The van der Waals surface area contributed by atoms with Gasteiger partial charge in [-0.15, -0.1) is 0 Å². The lowest BCUT2D eigenvalue weighted by Gasteiger charge is -2.21. The number of nitrogens with one attached hydrogen (secondary N) is 2. The zero-order valence-electron chi connectivity index (χ0n) is 20.9. The number of hydrogen-bond acceptors (Lipinski definition) is 2. The van der Waals surface area contributed by atoms with Crippen molar-refractivity contribution in [2.75, 3.05) is 5.32 Å². The molecule has 1 heterocycles. The van der Waals surface area contributed by atoms with Crippen molar-refractivity contribution in [3.63, 3.8) is 0 Å². The van der Waals surface area contributed by atoms with Crippen LogP contribution >= 0.6 is 11.6 Å². The largest absolute Gasteiger partial charge is 0.456 e. The Hall–Kier alpha value is -3.87. The smallest absolute Gasteiger partial charge is 0.420 e. The van der Waals surface area contributed by atoms with Crippen LogP contribution in [-0.2, 0) is 18.5 Å². The van der Waals surface area contributed by atoms with E-state index in [1.165, 1.54) is 18.2 Å². The summed E-state index contributed by atoms with van der Waals surface area (Å²) in [7, 11) is 0. The maximum Gasteiger partial charge on any atom is 0.420 e. The van der Waals surface area contributed by atoms with E-state index in [9.17, 15) is 44.3 Å². The monoisotopic (exact) mass is 608 g/mol. The number of amides is 1. The Bertz CT molecular complexity index is 1590. The first-order valence-electron chi connectivity index (χ1n) is 11.7. The summed E-state index contributed by atoms with van der Waals surface area (Å²) in [5, 5.41) is 1.51. The number of fused-ring (bicyclic) bond motifs is 1. The Morgan fingerprint density at radius 1 is 0.829 bits per heavy atom. The molecule has 0 unspecified atom stereocenters. The second-order valence-electron chi connectivity index (χ2n) is 9.25. The molecule has 2 N–H and O–H groups in total. The number of hydrogen-bond donors (Lipinski definition) is 2. The van der Waals surface area contributed by atoms with E-state index in [1.54, 1.807) is 6.20 Å². The first kappa shape index (κ1) is 30.1. The van der Waals surface area contributed by atoms with Gasteiger partial charge in [0.25, 0.3) is 5.91 Å². The molecule has 0 radical (unpaired) electrons. The van der Waals surface area contributed by atoms with Crippen LogP contribution in [0.2, 0.25) is 5.02 Å². The van der Waals surface area contributed by atoms with Crippen LogP contribution in [0.5, 0.6) is 11.5 Å². The summed E-state index contributed by atoms with van der Waals surface area (Å²) < 4.78 is 128. The van der Waals surface area contributed by atoms with Gasteiger partial charge in [0.2, 0.25) is 0 Å². The highest BCUT2D eigenvalue weighted by molar-refractivity contribution is 6.32. The second-order valence-corrected chi connectivity index (χ2v) is 9.66. The van der Waals surface area contributed by atoms with Crippen LogP contribution in [0.15, 0.2) is 54.7 Å². The lowest BCUT2D eigenvalue weighted by Crippen LogP contribution is -2.18. The minimum atomic E-state index is -5.37. The Labute approximate surface area is 231 Å². The van der Waals surface area contributed by atoms with Gasteiger partial charge >= 0.3 is 18.5 Å². The fourth-order valence-corrected chi connectivity index (χ4v) is 4.39. The molecule has 0 bridgehead atoms. The standard InChI is InChI=1S/C27H18ClF9N2O2/c1-12(2)17-11-38-22-6-4-15(10-16(17)22)41-23-19(26(32,33)34)8-14(9-20(23)27(35,36)37)39-24(40)13-3-5-18(21(28)7-13)25(29,30)31/h3-12,38H,1-2H3,(H,39,40). The molecule has 0 aliphatic carbocycles. The van der Waals surface area contributed by atoms with Gasteiger partial charge in [0.1, 0.15) is 16.9 Å². The van der Waals surface area contributed by atoms with E-state index in [-0.39, 0.29) is 23.8 Å². The molecule has 0 saturated heterocycles. The van der Waals surface area contributed by atoms with Crippen molar-refractivity contribution >= 4 is 34.1 Å². The molecule has 1 aromatic heterocycles. The molecule has 0 aliphatic heterocycles. The molecule has 14 heteroatoms. The normalized spacial score (nSPS) is 12.7. The fourth-order valence-electron chi connectivity index (χ4n) is 4.10. The van der Waals surface area contributed by atoms with Crippen LogP contribution < -0.4 is 10.1 Å². The summed E-state index contributed by atoms with van der Waals surface area (Å²) in [5.74, 6) is -3.15. The zero-order valence-corrected chi connectivity index (χ0v) is 21.6. The Kier molecular flexibility index (Phi) is 7.72. The Morgan fingerprint density at radius 3 is 1.93 bits per heavy atom. The van der Waals surface area contributed by atoms with Crippen molar-refractivity contribution in [2.24, 2.45) is 0 Å². The molecule has 41 heavy (non-hydrogen) atoms. The molecule has 0 saturated carbocycles.